The summed E-state index contributed by atoms with van der Waals surface area (Å²) in [6.45, 7) is 4.25. The summed E-state index contributed by atoms with van der Waals surface area (Å²) in [7, 11) is -4.27. The molecule has 0 heterocycles. The molecular formula is C47H92NO7P. The van der Waals surface area contributed by atoms with Crippen LogP contribution in [0, 0.1) is 0 Å². The molecular weight excluding hydrogens is 721 g/mol. The van der Waals surface area contributed by atoms with E-state index in [0.29, 0.717) is 6.42 Å². The molecule has 0 aliphatic heterocycles. The van der Waals surface area contributed by atoms with Crippen LogP contribution in [0.4, 0.5) is 0 Å². The monoisotopic (exact) mass is 814 g/mol. The highest BCUT2D eigenvalue weighted by Gasteiger charge is 2.24. The minimum atomic E-state index is -4.27. The predicted molar refractivity (Wildman–Crippen MR) is 238 cm³/mol. The quantitative estimate of drug-likeness (QED) is 0.0205. The third-order valence-corrected chi connectivity index (χ3v) is 11.4. The second kappa shape index (κ2) is 44.9. The van der Waals surface area contributed by atoms with Crippen molar-refractivity contribution in [3.05, 3.63) is 24.5 Å². The Hall–Kier alpha value is -1.18. The van der Waals surface area contributed by atoms with E-state index in [1.807, 2.05) is 6.08 Å². The maximum Gasteiger partial charge on any atom is 0.472 e. The molecule has 9 heteroatoms. The van der Waals surface area contributed by atoms with Crippen LogP contribution in [0.5, 0.6) is 0 Å². The smallest absolute Gasteiger partial charge is 0.472 e. The van der Waals surface area contributed by atoms with E-state index in [0.717, 1.165) is 32.1 Å². The molecule has 8 nitrogen and oxygen atoms in total. The Morgan fingerprint density at radius 3 is 1.32 bits per heavy atom. The average molecular weight is 814 g/mol. The minimum Gasteiger partial charge on any atom is -0.492 e. The van der Waals surface area contributed by atoms with E-state index in [1.54, 1.807) is 6.26 Å². The van der Waals surface area contributed by atoms with E-state index in [2.05, 4.69) is 26.0 Å². The third-order valence-electron chi connectivity index (χ3n) is 10.5. The van der Waals surface area contributed by atoms with E-state index in [-0.39, 0.29) is 32.3 Å². The third kappa shape index (κ3) is 43.9. The number of phosphoric ester groups is 1. The van der Waals surface area contributed by atoms with Crippen molar-refractivity contribution in [2.75, 3.05) is 26.4 Å². The summed E-state index contributed by atoms with van der Waals surface area (Å²) in [4.78, 5) is 22.3. The summed E-state index contributed by atoms with van der Waals surface area (Å²) in [5.74, 6) is -0.287. The first-order valence-corrected chi connectivity index (χ1v) is 25.4. The van der Waals surface area contributed by atoms with Gasteiger partial charge in [-0.05, 0) is 51.0 Å². The summed E-state index contributed by atoms with van der Waals surface area (Å²) in [6, 6.07) is 0. The van der Waals surface area contributed by atoms with Crippen LogP contribution >= 0.6 is 7.82 Å². The van der Waals surface area contributed by atoms with E-state index in [4.69, 9.17) is 24.3 Å². The van der Waals surface area contributed by atoms with Crippen LogP contribution in [-0.2, 0) is 27.9 Å². The molecule has 0 aromatic heterocycles. The second-order valence-electron chi connectivity index (χ2n) is 16.0. The first-order valence-electron chi connectivity index (χ1n) is 23.9. The van der Waals surface area contributed by atoms with E-state index >= 15 is 0 Å². The Morgan fingerprint density at radius 2 is 0.911 bits per heavy atom. The summed E-state index contributed by atoms with van der Waals surface area (Å²) < 4.78 is 33.3. The SMILES string of the molecule is CCCCCCCCC=CCCCCCCCCCCCCCC(=O)OCC(COP(=O)(O)OCCN)OC=CCCCCCCCCCCCCCCCC. The van der Waals surface area contributed by atoms with Gasteiger partial charge in [0.05, 0.1) is 19.5 Å². The lowest BCUT2D eigenvalue weighted by molar-refractivity contribution is -0.147. The number of ether oxygens (including phenoxy) is 2. The molecule has 0 rings (SSSR count). The van der Waals surface area contributed by atoms with E-state index in [9.17, 15) is 14.3 Å². The fourth-order valence-electron chi connectivity index (χ4n) is 6.86. The van der Waals surface area contributed by atoms with Gasteiger partial charge in [0.2, 0.25) is 0 Å². The van der Waals surface area contributed by atoms with Crippen LogP contribution in [0.25, 0.3) is 0 Å². The van der Waals surface area contributed by atoms with Crippen LogP contribution in [-0.4, -0.2) is 43.3 Å². The van der Waals surface area contributed by atoms with Gasteiger partial charge < -0.3 is 20.1 Å². The van der Waals surface area contributed by atoms with Gasteiger partial charge in [-0.25, -0.2) is 4.57 Å². The number of hydrogen-bond donors (Lipinski definition) is 2. The fourth-order valence-corrected chi connectivity index (χ4v) is 7.62. The molecule has 0 fully saturated rings. The summed E-state index contributed by atoms with van der Waals surface area (Å²) in [5.41, 5.74) is 5.38. The molecule has 2 atom stereocenters. The Bertz CT molecular complexity index is 915. The summed E-state index contributed by atoms with van der Waals surface area (Å²) in [6.07, 6.45) is 51.6. The van der Waals surface area contributed by atoms with Gasteiger partial charge in [-0.15, -0.1) is 0 Å². The molecule has 0 aliphatic carbocycles. The number of carbonyl (C=O) groups is 1. The molecule has 3 N–H and O–H groups in total. The van der Waals surface area contributed by atoms with Gasteiger partial charge in [-0.2, -0.15) is 0 Å². The molecule has 0 aromatic rings. The number of phosphoric acid groups is 1. The Balaban J connectivity index is 3.97. The average Bonchev–Trinajstić information content (AvgIpc) is 3.19. The minimum absolute atomic E-state index is 0.0606. The molecule has 332 valence electrons. The second-order valence-corrected chi connectivity index (χ2v) is 17.5. The van der Waals surface area contributed by atoms with Crippen molar-refractivity contribution < 1.29 is 32.8 Å². The van der Waals surface area contributed by atoms with Gasteiger partial charge in [0, 0.05) is 13.0 Å². The lowest BCUT2D eigenvalue weighted by atomic mass is 10.0. The maximum atomic E-state index is 12.4. The highest BCUT2D eigenvalue weighted by atomic mass is 31.2. The highest BCUT2D eigenvalue weighted by molar-refractivity contribution is 7.47. The van der Waals surface area contributed by atoms with Gasteiger partial charge >= 0.3 is 13.8 Å². The van der Waals surface area contributed by atoms with Crippen molar-refractivity contribution in [3.8, 4) is 0 Å². The largest absolute Gasteiger partial charge is 0.492 e. The molecule has 0 saturated carbocycles. The number of allylic oxidation sites excluding steroid dienone is 3. The van der Waals surface area contributed by atoms with E-state index < -0.39 is 13.9 Å². The molecule has 0 amide bonds. The number of unbranched alkanes of at least 4 members (excludes halogenated alkanes) is 31. The molecule has 0 aromatic carbocycles. The van der Waals surface area contributed by atoms with Crippen LogP contribution in [0.2, 0.25) is 0 Å². The molecule has 0 saturated heterocycles. The molecule has 0 spiro atoms. The zero-order valence-electron chi connectivity index (χ0n) is 36.9. The van der Waals surface area contributed by atoms with Gasteiger partial charge in [0.15, 0.2) is 6.10 Å². The number of hydrogen-bond acceptors (Lipinski definition) is 7. The molecule has 56 heavy (non-hydrogen) atoms. The zero-order chi connectivity index (χ0) is 40.9. The van der Waals surface area contributed by atoms with Crippen LogP contribution in [0.3, 0.4) is 0 Å². The van der Waals surface area contributed by atoms with Crippen molar-refractivity contribution in [3.63, 3.8) is 0 Å². The Labute approximate surface area is 346 Å². The zero-order valence-corrected chi connectivity index (χ0v) is 37.8. The molecule has 0 bridgehead atoms. The number of rotatable bonds is 46. The van der Waals surface area contributed by atoms with Gasteiger partial charge in [0.1, 0.15) is 6.61 Å². The van der Waals surface area contributed by atoms with Crippen molar-refractivity contribution in [1.82, 2.24) is 0 Å². The molecule has 0 radical (unpaired) electrons. The topological polar surface area (TPSA) is 117 Å². The predicted octanol–water partition coefficient (Wildman–Crippen LogP) is 14.8. The molecule has 2 unspecified atom stereocenters. The Kier molecular flexibility index (Phi) is 44.0. The van der Waals surface area contributed by atoms with Crippen molar-refractivity contribution >= 4 is 13.8 Å². The van der Waals surface area contributed by atoms with Crippen molar-refractivity contribution in [1.29, 1.82) is 0 Å². The molecule has 0 aliphatic rings. The lowest BCUT2D eigenvalue weighted by Gasteiger charge is -2.19. The first-order chi connectivity index (χ1) is 27.4. The fraction of sp³-hybridized carbons (Fsp3) is 0.894. The van der Waals surface area contributed by atoms with Crippen LogP contribution in [0.15, 0.2) is 24.5 Å². The highest BCUT2D eigenvalue weighted by Crippen LogP contribution is 2.43. The number of nitrogens with two attached hydrogens (primary N) is 1. The lowest BCUT2D eigenvalue weighted by Crippen LogP contribution is -2.25. The van der Waals surface area contributed by atoms with Crippen LogP contribution in [0.1, 0.15) is 239 Å². The van der Waals surface area contributed by atoms with E-state index in [1.165, 1.54) is 186 Å². The van der Waals surface area contributed by atoms with Gasteiger partial charge in [-0.3, -0.25) is 13.8 Å². The van der Waals surface area contributed by atoms with Crippen molar-refractivity contribution in [2.45, 2.75) is 245 Å². The number of esters is 1. The number of carbonyl (C=O) groups excluding carboxylic acids is 1. The Morgan fingerprint density at radius 1 is 0.536 bits per heavy atom. The first kappa shape index (κ1) is 54.8. The maximum absolute atomic E-state index is 12.4. The van der Waals surface area contributed by atoms with Crippen LogP contribution < -0.4 is 5.73 Å². The van der Waals surface area contributed by atoms with Gasteiger partial charge in [-0.1, -0.05) is 199 Å². The van der Waals surface area contributed by atoms with Crippen molar-refractivity contribution in [2.24, 2.45) is 5.73 Å². The normalized spacial score (nSPS) is 13.5. The standard InChI is InChI=1S/C47H92NO7P/c1-3-5-7-9-11-13-15-17-19-21-22-23-24-25-26-28-30-32-34-36-38-40-47(49)53-44-46(45-55-56(50,51)54-43-41-48)52-42-39-37-35-33-31-29-27-20-18-16-14-12-10-8-6-4-2/h17,19,39,42,46H,3-16,18,20-38,40-41,43-45,48H2,1-2H3,(H,50,51). The summed E-state index contributed by atoms with van der Waals surface area (Å²) in [5, 5.41) is 0. The van der Waals surface area contributed by atoms with Gasteiger partial charge in [0.25, 0.3) is 0 Å². The summed E-state index contributed by atoms with van der Waals surface area (Å²) >= 11 is 0.